The fourth-order valence-corrected chi connectivity index (χ4v) is 3.37. The second-order valence-corrected chi connectivity index (χ2v) is 6.46. The van der Waals surface area contributed by atoms with Gasteiger partial charge < -0.3 is 0 Å². The minimum atomic E-state index is -0.505. The Morgan fingerprint density at radius 3 is 2.39 bits per heavy atom. The summed E-state index contributed by atoms with van der Waals surface area (Å²) >= 11 is 1.71. The van der Waals surface area contributed by atoms with E-state index in [0.717, 1.165) is 16.4 Å². The van der Waals surface area contributed by atoms with E-state index < -0.39 is 11.8 Å². The number of carbonyl (C=O) groups is 4. The molecule has 0 unspecified atom stereocenters. The summed E-state index contributed by atoms with van der Waals surface area (Å²) < 4.78 is 0. The van der Waals surface area contributed by atoms with Crippen molar-refractivity contribution in [2.24, 2.45) is 0 Å². The molecule has 0 saturated heterocycles. The molecule has 1 aromatic heterocycles. The van der Waals surface area contributed by atoms with E-state index in [-0.39, 0.29) is 11.7 Å². The average molecular weight is 347 g/mol. The SMILES string of the molecule is O=CSC(=O)c1ccc(CON2C(=O)c3ccccc3C2=O)s1. The lowest BCUT2D eigenvalue weighted by atomic mass is 10.1. The third-order valence-corrected chi connectivity index (χ3v) is 4.83. The van der Waals surface area contributed by atoms with Crippen molar-refractivity contribution in [3.05, 3.63) is 57.3 Å². The maximum absolute atomic E-state index is 12.1. The van der Waals surface area contributed by atoms with E-state index in [0.29, 0.717) is 38.3 Å². The first-order valence-electron chi connectivity index (χ1n) is 6.46. The van der Waals surface area contributed by atoms with E-state index in [1.54, 1.807) is 36.4 Å². The molecule has 0 saturated carbocycles. The highest BCUT2D eigenvalue weighted by atomic mass is 32.2. The van der Waals surface area contributed by atoms with Crippen molar-refractivity contribution < 1.29 is 24.0 Å². The number of hydroxylamine groups is 2. The van der Waals surface area contributed by atoms with Crippen LogP contribution in [0.2, 0.25) is 0 Å². The zero-order valence-electron chi connectivity index (χ0n) is 11.6. The highest BCUT2D eigenvalue weighted by Crippen LogP contribution is 2.25. The van der Waals surface area contributed by atoms with Crippen LogP contribution in [0.1, 0.15) is 35.3 Å². The minimum absolute atomic E-state index is 0.0187. The number of imide groups is 1. The molecule has 0 bridgehead atoms. The van der Waals surface area contributed by atoms with Crippen molar-refractivity contribution in [2.45, 2.75) is 6.61 Å². The van der Waals surface area contributed by atoms with Gasteiger partial charge >= 0.3 is 0 Å². The number of benzene rings is 1. The van der Waals surface area contributed by atoms with Crippen LogP contribution in [0, 0.1) is 0 Å². The summed E-state index contributed by atoms with van der Waals surface area (Å²) in [5, 5.41) is 0.378. The second kappa shape index (κ2) is 6.45. The van der Waals surface area contributed by atoms with Crippen molar-refractivity contribution in [3.8, 4) is 0 Å². The zero-order chi connectivity index (χ0) is 16.4. The van der Waals surface area contributed by atoms with E-state index in [4.69, 9.17) is 4.84 Å². The molecular weight excluding hydrogens is 338 g/mol. The van der Waals surface area contributed by atoms with Gasteiger partial charge in [0.05, 0.1) is 16.0 Å². The fourth-order valence-electron chi connectivity index (χ4n) is 2.08. The quantitative estimate of drug-likeness (QED) is 0.611. The van der Waals surface area contributed by atoms with Crippen molar-refractivity contribution >= 4 is 45.6 Å². The van der Waals surface area contributed by atoms with Crippen molar-refractivity contribution in [2.75, 3.05) is 0 Å². The maximum atomic E-state index is 12.1. The van der Waals surface area contributed by atoms with Gasteiger partial charge in [-0.15, -0.1) is 16.4 Å². The average Bonchev–Trinajstić information content (AvgIpc) is 3.12. The molecule has 0 spiro atoms. The number of thiophene rings is 1. The Balaban J connectivity index is 1.68. The summed E-state index contributed by atoms with van der Waals surface area (Å²) in [6.07, 6.45) is 0. The first-order valence-corrected chi connectivity index (χ1v) is 8.15. The van der Waals surface area contributed by atoms with E-state index in [9.17, 15) is 19.2 Å². The summed E-state index contributed by atoms with van der Waals surface area (Å²) in [6, 6.07) is 9.71. The molecule has 0 radical (unpaired) electrons. The largest absolute Gasteiger partial charge is 0.290 e. The molecule has 23 heavy (non-hydrogen) atoms. The predicted octanol–water partition coefficient (Wildman–Crippen LogP) is 2.54. The number of carbonyl (C=O) groups excluding carboxylic acids is 4. The van der Waals surface area contributed by atoms with Gasteiger partial charge in [-0.2, -0.15) is 0 Å². The molecule has 0 aliphatic carbocycles. The molecule has 116 valence electrons. The Kier molecular flexibility index (Phi) is 4.37. The molecule has 1 aliphatic heterocycles. The first kappa shape index (κ1) is 15.6. The molecule has 2 amide bonds. The molecule has 0 N–H and O–H groups in total. The third-order valence-electron chi connectivity index (χ3n) is 3.11. The molecule has 3 rings (SSSR count). The second-order valence-electron chi connectivity index (χ2n) is 4.49. The standard InChI is InChI=1S/C15H9NO5S2/c17-8-22-15(20)12-6-5-9(23-12)7-21-16-13(18)10-3-1-2-4-11(10)14(16)19/h1-6,8H,7H2. The van der Waals surface area contributed by atoms with Gasteiger partial charge in [-0.25, -0.2) is 0 Å². The van der Waals surface area contributed by atoms with E-state index in [1.807, 2.05) is 0 Å². The van der Waals surface area contributed by atoms with Crippen molar-refractivity contribution in [1.82, 2.24) is 5.06 Å². The van der Waals surface area contributed by atoms with Crippen LogP contribution in [-0.2, 0) is 16.2 Å². The van der Waals surface area contributed by atoms with Crippen LogP contribution in [0.4, 0.5) is 0 Å². The summed E-state index contributed by atoms with van der Waals surface area (Å²) in [5.74, 6) is -1.01. The lowest BCUT2D eigenvalue weighted by Gasteiger charge is -2.12. The number of fused-ring (bicyclic) bond motifs is 1. The Labute approximate surface area is 139 Å². The summed E-state index contributed by atoms with van der Waals surface area (Å²) in [5.41, 5.74) is 1.08. The number of amides is 2. The summed E-state index contributed by atoms with van der Waals surface area (Å²) in [4.78, 5) is 52.5. The molecule has 8 heteroatoms. The van der Waals surface area contributed by atoms with Crippen LogP contribution < -0.4 is 0 Å². The van der Waals surface area contributed by atoms with Gasteiger partial charge in [0.1, 0.15) is 6.61 Å². The lowest BCUT2D eigenvalue weighted by Crippen LogP contribution is -2.29. The van der Waals surface area contributed by atoms with Crippen molar-refractivity contribution in [1.29, 1.82) is 0 Å². The zero-order valence-corrected chi connectivity index (χ0v) is 13.2. The van der Waals surface area contributed by atoms with Gasteiger partial charge in [0.25, 0.3) is 11.8 Å². The number of hydrogen-bond acceptors (Lipinski definition) is 7. The smallest absolute Gasteiger partial charge is 0.285 e. The Hall–Kier alpha value is -2.29. The van der Waals surface area contributed by atoms with Crippen molar-refractivity contribution in [3.63, 3.8) is 0 Å². The number of thioether (sulfide) groups is 1. The minimum Gasteiger partial charge on any atom is -0.290 e. The Bertz CT molecular complexity index is 779. The van der Waals surface area contributed by atoms with Gasteiger partial charge in [-0.05, 0) is 36.0 Å². The number of rotatable bonds is 5. The third kappa shape index (κ3) is 2.96. The summed E-state index contributed by atoms with van der Waals surface area (Å²) in [7, 11) is 0. The highest BCUT2D eigenvalue weighted by Gasteiger charge is 2.36. The number of hydrogen-bond donors (Lipinski definition) is 0. The predicted molar refractivity (Wildman–Crippen MR) is 84.7 cm³/mol. The van der Waals surface area contributed by atoms with Crippen LogP contribution in [0.3, 0.4) is 0 Å². The Morgan fingerprint density at radius 1 is 1.13 bits per heavy atom. The Morgan fingerprint density at radius 2 is 1.78 bits per heavy atom. The van der Waals surface area contributed by atoms with Gasteiger partial charge in [0.2, 0.25) is 5.12 Å². The van der Waals surface area contributed by atoms with Crippen LogP contribution in [0.15, 0.2) is 36.4 Å². The first-order chi connectivity index (χ1) is 11.1. The van der Waals surface area contributed by atoms with E-state index >= 15 is 0 Å². The molecule has 2 aromatic rings. The van der Waals surface area contributed by atoms with Crippen LogP contribution in [-0.4, -0.2) is 27.6 Å². The molecule has 0 fully saturated rings. The summed E-state index contributed by atoms with van der Waals surface area (Å²) in [6.45, 7) is -0.0187. The molecule has 1 aromatic carbocycles. The monoisotopic (exact) mass is 347 g/mol. The lowest BCUT2D eigenvalue weighted by molar-refractivity contribution is -0.0998. The molecular formula is C15H9NO5S2. The normalized spacial score (nSPS) is 13.3. The van der Waals surface area contributed by atoms with Crippen LogP contribution in [0.25, 0.3) is 0 Å². The highest BCUT2D eigenvalue weighted by molar-refractivity contribution is 8.25. The van der Waals surface area contributed by atoms with Gasteiger partial charge in [0.15, 0.2) is 5.62 Å². The molecule has 2 heterocycles. The molecule has 0 atom stereocenters. The molecule has 1 aliphatic rings. The van der Waals surface area contributed by atoms with Crippen LogP contribution >= 0.6 is 23.1 Å². The topological polar surface area (TPSA) is 80.8 Å². The van der Waals surface area contributed by atoms with Crippen LogP contribution in [0.5, 0.6) is 0 Å². The van der Waals surface area contributed by atoms with Gasteiger partial charge in [-0.1, -0.05) is 12.1 Å². The molecule has 6 nitrogen and oxygen atoms in total. The maximum Gasteiger partial charge on any atom is 0.285 e. The van der Waals surface area contributed by atoms with Gasteiger partial charge in [0, 0.05) is 4.88 Å². The number of nitrogens with zero attached hydrogens (tertiary/aromatic N) is 1. The van der Waals surface area contributed by atoms with E-state index in [1.165, 1.54) is 0 Å². The van der Waals surface area contributed by atoms with E-state index in [2.05, 4.69) is 0 Å². The van der Waals surface area contributed by atoms with Gasteiger partial charge in [-0.3, -0.25) is 24.0 Å². The fraction of sp³-hybridized carbons (Fsp3) is 0.0667.